The molecule has 1 N–H and O–H groups in total. The molecule has 1 aliphatic heterocycles. The van der Waals surface area contributed by atoms with E-state index in [0.717, 1.165) is 18.6 Å². The Morgan fingerprint density at radius 3 is 2.82 bits per heavy atom. The van der Waals surface area contributed by atoms with Crippen molar-refractivity contribution in [2.75, 3.05) is 6.79 Å². The molecular weight excluding hydrogens is 144 g/mol. The lowest BCUT2D eigenvalue weighted by atomic mass is 10.1. The average molecular weight is 152 g/mol. The Morgan fingerprint density at radius 2 is 2.18 bits per heavy atom. The van der Waals surface area contributed by atoms with Gasteiger partial charge in [-0.3, -0.25) is 0 Å². The molecule has 3 aliphatic rings. The third kappa shape index (κ3) is 0.504. The zero-order valence-corrected chi connectivity index (χ0v) is 5.96. The summed E-state index contributed by atoms with van der Waals surface area (Å²) < 4.78 is 10.2. The molecule has 3 heteroatoms. The average Bonchev–Trinajstić information content (AvgIpc) is 2.53. The highest BCUT2D eigenvalue weighted by Crippen LogP contribution is 2.59. The lowest BCUT2D eigenvalue weighted by Crippen LogP contribution is -1.98. The first-order valence-electron chi connectivity index (χ1n) is 3.74. The summed E-state index contributed by atoms with van der Waals surface area (Å²) in [7, 11) is 0. The van der Waals surface area contributed by atoms with Crippen LogP contribution in [-0.2, 0) is 9.47 Å². The molecule has 1 heterocycles. The summed E-state index contributed by atoms with van der Waals surface area (Å²) in [5.41, 5.74) is -0.0783. The van der Waals surface area contributed by atoms with Gasteiger partial charge in [0.05, 0.1) is 5.41 Å². The Hall–Kier alpha value is -1.12. The first-order valence-corrected chi connectivity index (χ1v) is 3.74. The van der Waals surface area contributed by atoms with Crippen molar-refractivity contribution in [2.24, 2.45) is 5.41 Å². The largest absolute Gasteiger partial charge is 0.507 e. The fraction of sp³-hybridized carbons (Fsp3) is 0.500. The van der Waals surface area contributed by atoms with E-state index >= 15 is 0 Å². The zero-order valence-electron chi connectivity index (χ0n) is 5.96. The van der Waals surface area contributed by atoms with Gasteiger partial charge < -0.3 is 14.6 Å². The van der Waals surface area contributed by atoms with Crippen molar-refractivity contribution in [3.05, 3.63) is 23.4 Å². The molecule has 0 bridgehead atoms. The molecule has 1 spiro atoms. The number of allylic oxidation sites excluding steroid dienone is 1. The molecular formula is C8H8O3. The van der Waals surface area contributed by atoms with E-state index in [1.54, 1.807) is 0 Å². The van der Waals surface area contributed by atoms with E-state index in [-0.39, 0.29) is 12.2 Å². The second-order valence-electron chi connectivity index (χ2n) is 3.25. The van der Waals surface area contributed by atoms with Gasteiger partial charge in [-0.1, -0.05) is 0 Å². The maximum atomic E-state index is 9.61. The predicted octanol–water partition coefficient (Wildman–Crippen LogP) is 1.44. The van der Waals surface area contributed by atoms with E-state index in [9.17, 15) is 5.11 Å². The molecule has 0 aromatic heterocycles. The molecule has 3 rings (SSSR count). The molecule has 2 aliphatic carbocycles. The molecule has 0 aromatic carbocycles. The van der Waals surface area contributed by atoms with Crippen LogP contribution in [0.1, 0.15) is 12.8 Å². The number of hydrogen-bond donors (Lipinski definition) is 1. The summed E-state index contributed by atoms with van der Waals surface area (Å²) in [6, 6.07) is 0. The van der Waals surface area contributed by atoms with Gasteiger partial charge in [-0.05, 0) is 18.9 Å². The van der Waals surface area contributed by atoms with Crippen LogP contribution < -0.4 is 0 Å². The van der Waals surface area contributed by atoms with Gasteiger partial charge in [-0.2, -0.15) is 0 Å². The standard InChI is InChI=1S/C8H8O3/c9-7-6-5(10-4-11-6)3-8(7)1-2-8/h3,9H,1-2,4H2. The van der Waals surface area contributed by atoms with Gasteiger partial charge in [0.25, 0.3) is 0 Å². The van der Waals surface area contributed by atoms with Crippen LogP contribution in [0.25, 0.3) is 0 Å². The van der Waals surface area contributed by atoms with Crippen LogP contribution in [0.15, 0.2) is 23.4 Å². The molecule has 11 heavy (non-hydrogen) atoms. The molecule has 2 fully saturated rings. The summed E-state index contributed by atoms with van der Waals surface area (Å²) in [5.74, 6) is 1.69. The minimum Gasteiger partial charge on any atom is -0.507 e. The van der Waals surface area contributed by atoms with Crippen LogP contribution in [0.4, 0.5) is 0 Å². The lowest BCUT2D eigenvalue weighted by Gasteiger charge is -2.03. The molecule has 0 radical (unpaired) electrons. The number of ether oxygens (including phenoxy) is 2. The highest BCUT2D eigenvalue weighted by molar-refractivity contribution is 5.44. The molecule has 0 atom stereocenters. The molecule has 0 amide bonds. The summed E-state index contributed by atoms with van der Waals surface area (Å²) >= 11 is 0. The molecule has 0 aromatic rings. The van der Waals surface area contributed by atoms with Gasteiger partial charge in [0.1, 0.15) is 5.76 Å². The van der Waals surface area contributed by atoms with Crippen molar-refractivity contribution in [1.82, 2.24) is 0 Å². The monoisotopic (exact) mass is 152 g/mol. The topological polar surface area (TPSA) is 38.7 Å². The molecule has 3 nitrogen and oxygen atoms in total. The van der Waals surface area contributed by atoms with Crippen LogP contribution in [0.5, 0.6) is 0 Å². The first kappa shape index (κ1) is 5.52. The summed E-state index contributed by atoms with van der Waals surface area (Å²) in [4.78, 5) is 0. The van der Waals surface area contributed by atoms with Crippen molar-refractivity contribution >= 4 is 0 Å². The second kappa shape index (κ2) is 1.40. The van der Waals surface area contributed by atoms with Gasteiger partial charge in [0.15, 0.2) is 5.76 Å². The SMILES string of the molecule is OC1=C2OCOC2=CC12CC2. The Morgan fingerprint density at radius 1 is 1.36 bits per heavy atom. The number of aliphatic hydroxyl groups is 1. The Kier molecular flexibility index (Phi) is 0.700. The zero-order chi connectivity index (χ0) is 7.47. The first-order chi connectivity index (χ1) is 5.32. The smallest absolute Gasteiger partial charge is 0.231 e. The van der Waals surface area contributed by atoms with Gasteiger partial charge in [0, 0.05) is 0 Å². The van der Waals surface area contributed by atoms with Crippen molar-refractivity contribution in [1.29, 1.82) is 0 Å². The Labute approximate surface area is 63.9 Å². The predicted molar refractivity (Wildman–Crippen MR) is 36.4 cm³/mol. The third-order valence-corrected chi connectivity index (χ3v) is 2.52. The van der Waals surface area contributed by atoms with Crippen molar-refractivity contribution in [3.63, 3.8) is 0 Å². The fourth-order valence-corrected chi connectivity index (χ4v) is 1.64. The molecule has 1 saturated heterocycles. The number of hydrogen-bond acceptors (Lipinski definition) is 3. The van der Waals surface area contributed by atoms with E-state index in [4.69, 9.17) is 9.47 Å². The van der Waals surface area contributed by atoms with E-state index in [2.05, 4.69) is 0 Å². The van der Waals surface area contributed by atoms with Crippen molar-refractivity contribution < 1.29 is 14.6 Å². The summed E-state index contributed by atoms with van der Waals surface area (Å²) in [6.07, 6.45) is 4.03. The molecule has 0 unspecified atom stereocenters. The van der Waals surface area contributed by atoms with Gasteiger partial charge >= 0.3 is 0 Å². The fourth-order valence-electron chi connectivity index (χ4n) is 1.64. The van der Waals surface area contributed by atoms with Crippen molar-refractivity contribution in [2.45, 2.75) is 12.8 Å². The highest BCUT2D eigenvalue weighted by Gasteiger charge is 2.53. The van der Waals surface area contributed by atoms with Crippen LogP contribution in [0.3, 0.4) is 0 Å². The van der Waals surface area contributed by atoms with E-state index in [1.165, 1.54) is 0 Å². The van der Waals surface area contributed by atoms with Crippen LogP contribution >= 0.6 is 0 Å². The maximum Gasteiger partial charge on any atom is 0.231 e. The van der Waals surface area contributed by atoms with Crippen molar-refractivity contribution in [3.8, 4) is 0 Å². The maximum absolute atomic E-state index is 9.61. The number of fused-ring (bicyclic) bond motifs is 1. The number of rotatable bonds is 0. The highest BCUT2D eigenvalue weighted by atomic mass is 16.7. The summed E-state index contributed by atoms with van der Waals surface area (Å²) in [5, 5.41) is 9.61. The molecule has 58 valence electrons. The van der Waals surface area contributed by atoms with E-state index < -0.39 is 0 Å². The van der Waals surface area contributed by atoms with Gasteiger partial charge in [-0.15, -0.1) is 0 Å². The Bertz CT molecular complexity index is 284. The molecule has 1 saturated carbocycles. The minimum absolute atomic E-state index is 0.0783. The normalized spacial score (nSPS) is 29.6. The minimum atomic E-state index is -0.0783. The van der Waals surface area contributed by atoms with Crippen LogP contribution in [0.2, 0.25) is 0 Å². The van der Waals surface area contributed by atoms with Crippen LogP contribution in [-0.4, -0.2) is 11.9 Å². The third-order valence-electron chi connectivity index (χ3n) is 2.52. The second-order valence-corrected chi connectivity index (χ2v) is 3.25. The number of aliphatic hydroxyl groups excluding tert-OH is 1. The van der Waals surface area contributed by atoms with Gasteiger partial charge in [0.2, 0.25) is 12.6 Å². The van der Waals surface area contributed by atoms with Gasteiger partial charge in [-0.25, -0.2) is 0 Å². The van der Waals surface area contributed by atoms with E-state index in [0.29, 0.717) is 11.5 Å². The lowest BCUT2D eigenvalue weighted by molar-refractivity contribution is 0.0894. The van der Waals surface area contributed by atoms with E-state index in [1.807, 2.05) is 6.08 Å². The quantitative estimate of drug-likeness (QED) is 0.570. The Balaban J connectivity index is 2.15. The summed E-state index contributed by atoms with van der Waals surface area (Å²) in [6.45, 7) is 0.251. The van der Waals surface area contributed by atoms with Crippen LogP contribution in [0, 0.1) is 5.41 Å².